The van der Waals surface area contributed by atoms with Gasteiger partial charge in [0.1, 0.15) is 48.8 Å². The Morgan fingerprint density at radius 1 is 0.455 bits per heavy atom. The molecule has 0 spiro atoms. The first-order chi connectivity index (χ1) is 37.6. The number of hydrogen-bond acceptors (Lipinski definition) is 13. The average molecular weight is 1100 g/mol. The minimum atomic E-state index is -1.78. The summed E-state index contributed by atoms with van der Waals surface area (Å²) in [7, 11) is 0. The number of unbranched alkanes of at least 4 members (excludes halogenated alkanes) is 37. The van der Waals surface area contributed by atoms with E-state index in [0.717, 1.165) is 38.5 Å². The van der Waals surface area contributed by atoms with Crippen LogP contribution in [0.5, 0.6) is 0 Å². The molecule has 0 aromatic carbocycles. The highest BCUT2D eigenvalue weighted by Gasteiger charge is 2.51. The third kappa shape index (κ3) is 34.5. The summed E-state index contributed by atoms with van der Waals surface area (Å²) < 4.78 is 22.6. The number of aliphatic hydroxyl groups is 8. The highest BCUT2D eigenvalue weighted by Crippen LogP contribution is 2.30. The topological polar surface area (TPSA) is 228 Å². The summed E-state index contributed by atoms with van der Waals surface area (Å²) in [6.07, 6.45) is 43.8. The maximum Gasteiger partial charge on any atom is 0.220 e. The van der Waals surface area contributed by atoms with E-state index in [-0.39, 0.29) is 18.9 Å². The summed E-state index contributed by atoms with van der Waals surface area (Å²) in [4.78, 5) is 13.1. The highest BCUT2D eigenvalue weighted by atomic mass is 16.7. The van der Waals surface area contributed by atoms with Gasteiger partial charge < -0.3 is 65.1 Å². The number of amides is 1. The number of nitrogens with one attached hydrogen (secondary N) is 1. The van der Waals surface area contributed by atoms with E-state index < -0.39 is 86.8 Å². The van der Waals surface area contributed by atoms with Crippen LogP contribution in [0.25, 0.3) is 0 Å². The quantitative estimate of drug-likeness (QED) is 0.0204. The van der Waals surface area contributed by atoms with E-state index in [2.05, 4.69) is 31.3 Å². The van der Waals surface area contributed by atoms with Gasteiger partial charge in [-0.15, -0.1) is 0 Å². The molecule has 2 rings (SSSR count). The van der Waals surface area contributed by atoms with Crippen LogP contribution in [0.15, 0.2) is 24.3 Å². The second kappa shape index (κ2) is 49.1. The second-order valence-corrected chi connectivity index (χ2v) is 22.9. The van der Waals surface area contributed by atoms with Gasteiger partial charge in [-0.1, -0.05) is 256 Å². The lowest BCUT2D eigenvalue weighted by atomic mass is 9.97. The van der Waals surface area contributed by atoms with Gasteiger partial charge in [0.25, 0.3) is 0 Å². The fourth-order valence-corrected chi connectivity index (χ4v) is 10.7. The minimum absolute atomic E-state index is 0.244. The van der Waals surface area contributed by atoms with Crippen molar-refractivity contribution < 1.29 is 64.6 Å². The molecule has 0 bridgehead atoms. The predicted molar refractivity (Wildman–Crippen MR) is 309 cm³/mol. The molecule has 2 heterocycles. The van der Waals surface area contributed by atoms with Crippen LogP contribution in [0, 0.1) is 0 Å². The summed E-state index contributed by atoms with van der Waals surface area (Å²) in [6.45, 7) is 2.64. The zero-order valence-electron chi connectivity index (χ0n) is 49.0. The Morgan fingerprint density at radius 2 is 0.831 bits per heavy atom. The normalized spacial score (nSPS) is 24.8. The molecular formula is C63H119NO13. The molecule has 0 aliphatic carbocycles. The Balaban J connectivity index is 1.43. The van der Waals surface area contributed by atoms with Crippen LogP contribution in [0.1, 0.15) is 277 Å². The van der Waals surface area contributed by atoms with E-state index in [9.17, 15) is 45.6 Å². The molecule has 14 heteroatoms. The van der Waals surface area contributed by atoms with Crippen molar-refractivity contribution in [2.75, 3.05) is 19.8 Å². The lowest BCUT2D eigenvalue weighted by molar-refractivity contribution is -0.359. The Labute approximate surface area is 468 Å². The molecule has 2 aliphatic heterocycles. The first-order valence-corrected chi connectivity index (χ1v) is 32.1. The molecule has 0 aromatic rings. The zero-order chi connectivity index (χ0) is 56.0. The van der Waals surface area contributed by atoms with Gasteiger partial charge in [-0.3, -0.25) is 4.79 Å². The first-order valence-electron chi connectivity index (χ1n) is 32.1. The van der Waals surface area contributed by atoms with Crippen LogP contribution in [0.2, 0.25) is 0 Å². The molecule has 0 saturated carbocycles. The van der Waals surface area contributed by atoms with Gasteiger partial charge in [0, 0.05) is 6.42 Å². The molecule has 2 saturated heterocycles. The van der Waals surface area contributed by atoms with Gasteiger partial charge in [-0.25, -0.2) is 0 Å². The smallest absolute Gasteiger partial charge is 0.220 e. The number of aliphatic hydroxyl groups excluding tert-OH is 8. The number of hydrogen-bond donors (Lipinski definition) is 9. The molecule has 12 atom stereocenters. The van der Waals surface area contributed by atoms with Crippen LogP contribution >= 0.6 is 0 Å². The monoisotopic (exact) mass is 1100 g/mol. The Kier molecular flexibility index (Phi) is 45.7. The molecule has 1 amide bonds. The van der Waals surface area contributed by atoms with Crippen molar-refractivity contribution in [3.63, 3.8) is 0 Å². The van der Waals surface area contributed by atoms with Crippen molar-refractivity contribution >= 4 is 5.91 Å². The standard InChI is InChI=1S/C63H119NO13/c1-3-5-7-9-10-11-12-13-14-15-16-17-18-19-20-21-22-23-24-25-26-27-28-29-30-31-32-33-34-35-36-37-38-39-40-41-42-43-45-47-55(68)64-51(52(67)46-44-8-6-4-2)50-74-62-60(73)58(71)61(54(49-66)76-62)77-63-59(72)57(70)56(69)53(48-65)75-63/h15-16,44,46,51-54,56-63,65-67,69-73H,3-14,17-43,45,47-50H2,1-2H3,(H,64,68)/b16-15-,46-44+. The van der Waals surface area contributed by atoms with Gasteiger partial charge >= 0.3 is 0 Å². The van der Waals surface area contributed by atoms with Gasteiger partial charge in [-0.05, 0) is 38.5 Å². The average Bonchev–Trinajstić information content (AvgIpc) is 3.44. The number of allylic oxidation sites excluding steroid dienone is 3. The molecule has 2 aliphatic rings. The second-order valence-electron chi connectivity index (χ2n) is 22.9. The van der Waals surface area contributed by atoms with Crippen LogP contribution in [0.4, 0.5) is 0 Å². The molecular weight excluding hydrogens is 979 g/mol. The summed E-state index contributed by atoms with van der Waals surface area (Å²) in [5.74, 6) is -0.244. The SMILES string of the molecule is CCCC/C=C/C(O)C(COC1OC(CO)C(OC2OC(CO)C(O)C(O)C2O)C(O)C1O)NC(=O)CCCCCCCCCCCCCCCCCCCCCCCCCCCCC/C=C\CCCCCCCCCC. The summed E-state index contributed by atoms with van der Waals surface area (Å²) in [6, 6.07) is -0.907. The predicted octanol–water partition coefficient (Wildman–Crippen LogP) is 11.6. The van der Waals surface area contributed by atoms with Crippen molar-refractivity contribution in [3.05, 3.63) is 24.3 Å². The molecule has 454 valence electrons. The number of ether oxygens (including phenoxy) is 4. The largest absolute Gasteiger partial charge is 0.394 e. The summed E-state index contributed by atoms with van der Waals surface area (Å²) in [5, 5.41) is 86.2. The Bertz CT molecular complexity index is 1390. The maximum absolute atomic E-state index is 13.1. The van der Waals surface area contributed by atoms with Gasteiger partial charge in [0.05, 0.1) is 32.0 Å². The van der Waals surface area contributed by atoms with Crippen LogP contribution in [-0.4, -0.2) is 140 Å². The molecule has 0 aromatic heterocycles. The third-order valence-electron chi connectivity index (χ3n) is 15.9. The van der Waals surface area contributed by atoms with E-state index in [4.69, 9.17) is 18.9 Å². The van der Waals surface area contributed by atoms with E-state index in [1.54, 1.807) is 6.08 Å². The van der Waals surface area contributed by atoms with Crippen LogP contribution < -0.4 is 5.32 Å². The third-order valence-corrected chi connectivity index (χ3v) is 15.9. The highest BCUT2D eigenvalue weighted by molar-refractivity contribution is 5.76. The number of rotatable bonds is 52. The molecule has 77 heavy (non-hydrogen) atoms. The maximum atomic E-state index is 13.1. The first kappa shape index (κ1) is 71.6. The van der Waals surface area contributed by atoms with Gasteiger partial charge in [0.2, 0.25) is 5.91 Å². The fourth-order valence-electron chi connectivity index (χ4n) is 10.7. The van der Waals surface area contributed by atoms with E-state index >= 15 is 0 Å². The van der Waals surface area contributed by atoms with Crippen molar-refractivity contribution in [1.29, 1.82) is 0 Å². The molecule has 14 nitrogen and oxygen atoms in total. The number of carbonyl (C=O) groups excluding carboxylic acids is 1. The van der Waals surface area contributed by atoms with Crippen molar-refractivity contribution in [3.8, 4) is 0 Å². The number of carbonyl (C=O) groups is 1. The van der Waals surface area contributed by atoms with Crippen molar-refractivity contribution in [2.24, 2.45) is 0 Å². The molecule has 9 N–H and O–H groups in total. The molecule has 0 radical (unpaired) electrons. The molecule has 2 fully saturated rings. The van der Waals surface area contributed by atoms with E-state index in [1.165, 1.54) is 212 Å². The lowest BCUT2D eigenvalue weighted by Gasteiger charge is -2.46. The van der Waals surface area contributed by atoms with E-state index in [0.29, 0.717) is 6.42 Å². The van der Waals surface area contributed by atoms with Crippen molar-refractivity contribution in [2.45, 2.75) is 351 Å². The Morgan fingerprint density at radius 3 is 1.26 bits per heavy atom. The van der Waals surface area contributed by atoms with Gasteiger partial charge in [0.15, 0.2) is 12.6 Å². The van der Waals surface area contributed by atoms with Crippen LogP contribution in [-0.2, 0) is 23.7 Å². The van der Waals surface area contributed by atoms with Crippen LogP contribution in [0.3, 0.4) is 0 Å². The van der Waals surface area contributed by atoms with Gasteiger partial charge in [-0.2, -0.15) is 0 Å². The summed E-state index contributed by atoms with van der Waals surface area (Å²) in [5.41, 5.74) is 0. The summed E-state index contributed by atoms with van der Waals surface area (Å²) >= 11 is 0. The fraction of sp³-hybridized carbons (Fsp3) is 0.921. The minimum Gasteiger partial charge on any atom is -0.394 e. The van der Waals surface area contributed by atoms with Crippen molar-refractivity contribution in [1.82, 2.24) is 5.32 Å². The zero-order valence-corrected chi connectivity index (χ0v) is 49.0. The molecule has 12 unspecified atom stereocenters. The Hall–Kier alpha value is -1.53. The lowest BCUT2D eigenvalue weighted by Crippen LogP contribution is -2.65. The van der Waals surface area contributed by atoms with E-state index in [1.807, 2.05) is 6.08 Å².